The fourth-order valence-corrected chi connectivity index (χ4v) is 2.17. The van der Waals surface area contributed by atoms with Gasteiger partial charge in [-0.15, -0.1) is 0 Å². The van der Waals surface area contributed by atoms with Gasteiger partial charge in [-0.1, -0.05) is 19.4 Å². The molecule has 0 bridgehead atoms. The molecule has 14 heavy (non-hydrogen) atoms. The van der Waals surface area contributed by atoms with Crippen molar-refractivity contribution < 1.29 is 9.53 Å². The predicted molar refractivity (Wildman–Crippen MR) is 56.9 cm³/mol. The minimum Gasteiger partial charge on any atom is -0.461 e. The van der Waals surface area contributed by atoms with Crippen LogP contribution in [-0.4, -0.2) is 12.6 Å². The molecule has 0 N–H and O–H groups in total. The zero-order valence-corrected chi connectivity index (χ0v) is 9.59. The van der Waals surface area contributed by atoms with E-state index in [1.807, 2.05) is 0 Å². The SMILES string of the molecule is CC(=O)OCC1=C(C)CCC1C(C)C. The Hall–Kier alpha value is -0.790. The number of esters is 1. The molecule has 1 unspecified atom stereocenters. The maximum atomic E-state index is 10.7. The Morgan fingerprint density at radius 1 is 1.57 bits per heavy atom. The first-order valence-corrected chi connectivity index (χ1v) is 5.34. The summed E-state index contributed by atoms with van der Waals surface area (Å²) in [6.45, 7) is 8.59. The van der Waals surface area contributed by atoms with Crippen LogP contribution in [0.5, 0.6) is 0 Å². The van der Waals surface area contributed by atoms with Gasteiger partial charge in [0.2, 0.25) is 0 Å². The van der Waals surface area contributed by atoms with Crippen molar-refractivity contribution in [2.24, 2.45) is 11.8 Å². The van der Waals surface area contributed by atoms with Gasteiger partial charge in [-0.05, 0) is 37.2 Å². The van der Waals surface area contributed by atoms with E-state index in [9.17, 15) is 4.79 Å². The molecule has 0 aromatic rings. The van der Waals surface area contributed by atoms with Gasteiger partial charge >= 0.3 is 5.97 Å². The molecule has 0 saturated heterocycles. The molecule has 1 rings (SSSR count). The Bertz CT molecular complexity index is 251. The molecule has 1 aliphatic rings. The van der Waals surface area contributed by atoms with Gasteiger partial charge in [0.1, 0.15) is 6.61 Å². The third-order valence-corrected chi connectivity index (χ3v) is 3.06. The van der Waals surface area contributed by atoms with Crippen LogP contribution in [0, 0.1) is 11.8 Å². The van der Waals surface area contributed by atoms with E-state index >= 15 is 0 Å². The molecule has 0 aliphatic heterocycles. The average Bonchev–Trinajstić information content (AvgIpc) is 2.43. The fourth-order valence-electron chi connectivity index (χ4n) is 2.17. The number of allylic oxidation sites excluding steroid dienone is 1. The summed E-state index contributed by atoms with van der Waals surface area (Å²) in [6.07, 6.45) is 2.39. The zero-order valence-electron chi connectivity index (χ0n) is 9.59. The highest BCUT2D eigenvalue weighted by Gasteiger charge is 2.26. The van der Waals surface area contributed by atoms with E-state index in [0.29, 0.717) is 18.4 Å². The van der Waals surface area contributed by atoms with Gasteiger partial charge in [0.05, 0.1) is 0 Å². The molecule has 0 fully saturated rings. The number of rotatable bonds is 3. The Morgan fingerprint density at radius 2 is 2.21 bits per heavy atom. The average molecular weight is 196 g/mol. The second-order valence-corrected chi connectivity index (χ2v) is 4.48. The summed E-state index contributed by atoms with van der Waals surface area (Å²) in [5.74, 6) is 1.09. The Balaban J connectivity index is 2.62. The second-order valence-electron chi connectivity index (χ2n) is 4.48. The number of carbonyl (C=O) groups excluding carboxylic acids is 1. The first-order valence-electron chi connectivity index (χ1n) is 5.34. The number of ether oxygens (including phenoxy) is 1. The van der Waals surface area contributed by atoms with E-state index in [0.717, 1.165) is 0 Å². The van der Waals surface area contributed by atoms with E-state index < -0.39 is 0 Å². The van der Waals surface area contributed by atoms with Crippen LogP contribution < -0.4 is 0 Å². The molecular formula is C12H20O2. The first-order chi connectivity index (χ1) is 6.52. The van der Waals surface area contributed by atoms with Crippen molar-refractivity contribution in [3.63, 3.8) is 0 Å². The summed E-state index contributed by atoms with van der Waals surface area (Å²) in [6, 6.07) is 0. The molecule has 0 radical (unpaired) electrons. The molecule has 0 aromatic carbocycles. The van der Waals surface area contributed by atoms with Crippen molar-refractivity contribution in [1.82, 2.24) is 0 Å². The smallest absolute Gasteiger partial charge is 0.302 e. The number of carbonyl (C=O) groups is 1. The molecule has 1 atom stereocenters. The Morgan fingerprint density at radius 3 is 2.71 bits per heavy atom. The topological polar surface area (TPSA) is 26.3 Å². The van der Waals surface area contributed by atoms with Gasteiger partial charge < -0.3 is 4.74 Å². The highest BCUT2D eigenvalue weighted by Crippen LogP contribution is 2.36. The monoisotopic (exact) mass is 196 g/mol. The molecule has 2 heteroatoms. The fraction of sp³-hybridized carbons (Fsp3) is 0.750. The van der Waals surface area contributed by atoms with E-state index in [2.05, 4.69) is 20.8 Å². The highest BCUT2D eigenvalue weighted by atomic mass is 16.5. The van der Waals surface area contributed by atoms with Gasteiger partial charge in [-0.2, -0.15) is 0 Å². The highest BCUT2D eigenvalue weighted by molar-refractivity contribution is 5.66. The summed E-state index contributed by atoms with van der Waals surface area (Å²) in [4.78, 5) is 10.7. The summed E-state index contributed by atoms with van der Waals surface area (Å²) < 4.78 is 5.08. The Labute approximate surface area is 86.3 Å². The van der Waals surface area contributed by atoms with Crippen molar-refractivity contribution in [2.45, 2.75) is 40.5 Å². The van der Waals surface area contributed by atoms with Crippen molar-refractivity contribution in [3.8, 4) is 0 Å². The quantitative estimate of drug-likeness (QED) is 0.512. The lowest BCUT2D eigenvalue weighted by atomic mass is 9.89. The molecule has 1 aliphatic carbocycles. The molecule has 0 aromatic heterocycles. The first kappa shape index (κ1) is 11.3. The van der Waals surface area contributed by atoms with Gasteiger partial charge in [0, 0.05) is 6.92 Å². The minimum absolute atomic E-state index is 0.181. The molecule has 0 spiro atoms. The summed E-state index contributed by atoms with van der Waals surface area (Å²) >= 11 is 0. The maximum Gasteiger partial charge on any atom is 0.302 e. The Kier molecular flexibility index (Phi) is 3.73. The van der Waals surface area contributed by atoms with E-state index in [4.69, 9.17) is 4.74 Å². The lowest BCUT2D eigenvalue weighted by molar-refractivity contribution is -0.140. The number of hydrogen-bond donors (Lipinski definition) is 0. The minimum atomic E-state index is -0.181. The molecule has 0 amide bonds. The van der Waals surface area contributed by atoms with E-state index in [-0.39, 0.29) is 5.97 Å². The molecule has 0 heterocycles. The van der Waals surface area contributed by atoms with Gasteiger partial charge in [-0.3, -0.25) is 4.79 Å². The normalized spacial score (nSPS) is 21.9. The third-order valence-electron chi connectivity index (χ3n) is 3.06. The van der Waals surface area contributed by atoms with Crippen LogP contribution in [-0.2, 0) is 9.53 Å². The lowest BCUT2D eigenvalue weighted by Gasteiger charge is -2.18. The standard InChI is InChI=1S/C12H20O2/c1-8(2)11-6-5-9(3)12(11)7-14-10(4)13/h8,11H,5-7H2,1-4H3. The molecule has 80 valence electrons. The van der Waals surface area contributed by atoms with E-state index in [1.165, 1.54) is 30.9 Å². The maximum absolute atomic E-state index is 10.7. The largest absolute Gasteiger partial charge is 0.461 e. The van der Waals surface area contributed by atoms with Crippen LogP contribution >= 0.6 is 0 Å². The van der Waals surface area contributed by atoms with Crippen molar-refractivity contribution in [1.29, 1.82) is 0 Å². The van der Waals surface area contributed by atoms with Crippen LogP contribution in [0.4, 0.5) is 0 Å². The van der Waals surface area contributed by atoms with Crippen molar-refractivity contribution in [2.75, 3.05) is 6.61 Å². The lowest BCUT2D eigenvalue weighted by Crippen LogP contribution is -2.13. The van der Waals surface area contributed by atoms with Crippen LogP contribution in [0.15, 0.2) is 11.1 Å². The summed E-state index contributed by atoms with van der Waals surface area (Å²) in [5, 5.41) is 0. The molecule has 0 saturated carbocycles. The van der Waals surface area contributed by atoms with Gasteiger partial charge in [0.15, 0.2) is 0 Å². The predicted octanol–water partition coefficient (Wildman–Crippen LogP) is 2.93. The van der Waals surface area contributed by atoms with E-state index in [1.54, 1.807) is 0 Å². The summed E-state index contributed by atoms with van der Waals surface area (Å²) in [7, 11) is 0. The van der Waals surface area contributed by atoms with Crippen LogP contribution in [0.2, 0.25) is 0 Å². The van der Waals surface area contributed by atoms with Crippen LogP contribution in [0.25, 0.3) is 0 Å². The summed E-state index contributed by atoms with van der Waals surface area (Å²) in [5.41, 5.74) is 2.78. The van der Waals surface area contributed by atoms with Crippen molar-refractivity contribution >= 4 is 5.97 Å². The van der Waals surface area contributed by atoms with Crippen LogP contribution in [0.3, 0.4) is 0 Å². The third kappa shape index (κ3) is 2.60. The van der Waals surface area contributed by atoms with Crippen LogP contribution in [0.1, 0.15) is 40.5 Å². The second kappa shape index (κ2) is 4.63. The zero-order chi connectivity index (χ0) is 10.7. The molecule has 2 nitrogen and oxygen atoms in total. The van der Waals surface area contributed by atoms with Gasteiger partial charge in [-0.25, -0.2) is 0 Å². The number of hydrogen-bond acceptors (Lipinski definition) is 2. The molecular weight excluding hydrogens is 176 g/mol. The van der Waals surface area contributed by atoms with Gasteiger partial charge in [0.25, 0.3) is 0 Å². The van der Waals surface area contributed by atoms with Crippen molar-refractivity contribution in [3.05, 3.63) is 11.1 Å².